The van der Waals surface area contributed by atoms with Gasteiger partial charge in [-0.15, -0.1) is 0 Å². The number of hydrogen-bond donors (Lipinski definition) is 0. The summed E-state index contributed by atoms with van der Waals surface area (Å²) < 4.78 is 5.20. The highest BCUT2D eigenvalue weighted by Gasteiger charge is 1.98. The highest BCUT2D eigenvalue weighted by atomic mass is 16.5. The number of benzene rings is 1. The summed E-state index contributed by atoms with van der Waals surface area (Å²) in [6.45, 7) is 1.72. The second-order valence-corrected chi connectivity index (χ2v) is 2.20. The van der Waals surface area contributed by atoms with Crippen molar-refractivity contribution in [1.82, 2.24) is 0 Å². The van der Waals surface area contributed by atoms with E-state index in [0.717, 1.165) is 5.75 Å². The molecule has 0 saturated heterocycles. The number of rotatable bonds is 2. The van der Waals surface area contributed by atoms with Crippen LogP contribution in [0.3, 0.4) is 0 Å². The second kappa shape index (κ2) is 3.62. The molecule has 0 spiro atoms. The maximum Gasteiger partial charge on any atom is 0.181 e. The average molecular weight is 147 g/mol. The van der Waals surface area contributed by atoms with Crippen molar-refractivity contribution in [3.05, 3.63) is 30.3 Å². The Morgan fingerprint density at radius 1 is 1.36 bits per heavy atom. The molecule has 1 atom stereocenters. The van der Waals surface area contributed by atoms with Crippen molar-refractivity contribution in [2.45, 2.75) is 13.0 Å². The fraction of sp³-hybridized carbons (Fsp3) is 0.222. The fourth-order valence-electron chi connectivity index (χ4n) is 0.730. The van der Waals surface area contributed by atoms with Gasteiger partial charge in [-0.05, 0) is 19.1 Å². The van der Waals surface area contributed by atoms with Crippen molar-refractivity contribution in [1.29, 1.82) is 5.26 Å². The van der Waals surface area contributed by atoms with Gasteiger partial charge >= 0.3 is 0 Å². The Morgan fingerprint density at radius 3 is 2.55 bits per heavy atom. The van der Waals surface area contributed by atoms with Gasteiger partial charge in [-0.25, -0.2) is 0 Å². The van der Waals surface area contributed by atoms with Gasteiger partial charge in [0.1, 0.15) is 11.8 Å². The number of para-hydroxylation sites is 1. The van der Waals surface area contributed by atoms with E-state index in [-0.39, 0.29) is 6.10 Å². The Hall–Kier alpha value is -1.49. The predicted molar refractivity (Wildman–Crippen MR) is 42.1 cm³/mol. The van der Waals surface area contributed by atoms with Gasteiger partial charge < -0.3 is 4.74 Å². The number of nitrogens with zero attached hydrogens (tertiary/aromatic N) is 1. The van der Waals surface area contributed by atoms with Gasteiger partial charge in [0.05, 0.1) is 0 Å². The Morgan fingerprint density at radius 2 is 2.00 bits per heavy atom. The zero-order valence-electron chi connectivity index (χ0n) is 6.32. The largest absolute Gasteiger partial charge is 0.476 e. The van der Waals surface area contributed by atoms with E-state index in [2.05, 4.69) is 0 Å². The van der Waals surface area contributed by atoms with Gasteiger partial charge in [-0.1, -0.05) is 18.2 Å². The fourth-order valence-corrected chi connectivity index (χ4v) is 0.730. The van der Waals surface area contributed by atoms with Crippen LogP contribution in [0.5, 0.6) is 5.75 Å². The van der Waals surface area contributed by atoms with Gasteiger partial charge in [0.2, 0.25) is 0 Å². The number of hydrogen-bond acceptors (Lipinski definition) is 2. The molecular formula is C9H9NO. The predicted octanol–water partition coefficient (Wildman–Crippen LogP) is 1.98. The van der Waals surface area contributed by atoms with Crippen molar-refractivity contribution in [3.63, 3.8) is 0 Å². The molecule has 0 radical (unpaired) electrons. The van der Waals surface area contributed by atoms with E-state index < -0.39 is 0 Å². The quantitative estimate of drug-likeness (QED) is 0.640. The van der Waals surface area contributed by atoms with Gasteiger partial charge in [0.15, 0.2) is 6.10 Å². The lowest BCUT2D eigenvalue weighted by Crippen LogP contribution is -2.07. The van der Waals surface area contributed by atoms with E-state index >= 15 is 0 Å². The monoisotopic (exact) mass is 147 g/mol. The van der Waals surface area contributed by atoms with Crippen molar-refractivity contribution >= 4 is 0 Å². The zero-order chi connectivity index (χ0) is 8.10. The molecule has 2 heteroatoms. The first kappa shape index (κ1) is 7.62. The smallest absolute Gasteiger partial charge is 0.181 e. The molecule has 1 rings (SSSR count). The molecule has 1 aromatic carbocycles. The normalized spacial score (nSPS) is 11.6. The van der Waals surface area contributed by atoms with Crippen LogP contribution in [0.2, 0.25) is 0 Å². The maximum absolute atomic E-state index is 8.42. The Labute approximate surface area is 66.0 Å². The van der Waals surface area contributed by atoms with Gasteiger partial charge in [0.25, 0.3) is 0 Å². The van der Waals surface area contributed by atoms with Crippen LogP contribution in [0.1, 0.15) is 6.92 Å². The van der Waals surface area contributed by atoms with E-state index in [1.807, 2.05) is 36.4 Å². The highest BCUT2D eigenvalue weighted by Crippen LogP contribution is 2.09. The molecule has 2 nitrogen and oxygen atoms in total. The summed E-state index contributed by atoms with van der Waals surface area (Å²) in [7, 11) is 0. The number of ether oxygens (including phenoxy) is 1. The standard InChI is InChI=1S/C9H9NO/c1-8(7-10)11-9-5-3-2-4-6-9/h2-6,8H,1H3/t8-/m0/s1. The molecule has 0 aliphatic carbocycles. The molecular weight excluding hydrogens is 138 g/mol. The summed E-state index contributed by atoms with van der Waals surface area (Å²) in [5.41, 5.74) is 0. The van der Waals surface area contributed by atoms with Crippen LogP contribution >= 0.6 is 0 Å². The molecule has 1 aromatic rings. The molecule has 0 bridgehead atoms. The zero-order valence-corrected chi connectivity index (χ0v) is 6.32. The van der Waals surface area contributed by atoms with Gasteiger partial charge in [-0.3, -0.25) is 0 Å². The first-order valence-electron chi connectivity index (χ1n) is 3.44. The molecule has 56 valence electrons. The van der Waals surface area contributed by atoms with E-state index in [0.29, 0.717) is 0 Å². The molecule has 11 heavy (non-hydrogen) atoms. The van der Waals surface area contributed by atoms with Crippen molar-refractivity contribution in [3.8, 4) is 11.8 Å². The van der Waals surface area contributed by atoms with Crippen molar-refractivity contribution in [2.75, 3.05) is 0 Å². The van der Waals surface area contributed by atoms with Crippen LogP contribution in [0.4, 0.5) is 0 Å². The van der Waals surface area contributed by atoms with Gasteiger partial charge in [-0.2, -0.15) is 5.26 Å². The van der Waals surface area contributed by atoms with Crippen molar-refractivity contribution in [2.24, 2.45) is 0 Å². The molecule has 0 fully saturated rings. The Bertz CT molecular complexity index is 250. The molecule has 0 saturated carbocycles. The van der Waals surface area contributed by atoms with Crippen LogP contribution in [-0.4, -0.2) is 6.10 Å². The van der Waals surface area contributed by atoms with Crippen LogP contribution in [0.15, 0.2) is 30.3 Å². The summed E-state index contributed by atoms with van der Waals surface area (Å²) >= 11 is 0. The Kier molecular flexibility index (Phi) is 2.51. The van der Waals surface area contributed by atoms with E-state index in [1.54, 1.807) is 6.92 Å². The summed E-state index contributed by atoms with van der Waals surface area (Å²) in [5, 5.41) is 8.42. The molecule has 0 aliphatic heterocycles. The maximum atomic E-state index is 8.42. The summed E-state index contributed by atoms with van der Waals surface area (Å²) in [5.74, 6) is 0.738. The Balaban J connectivity index is 2.60. The third-order valence-electron chi connectivity index (χ3n) is 1.24. The topological polar surface area (TPSA) is 33.0 Å². The second-order valence-electron chi connectivity index (χ2n) is 2.20. The minimum absolute atomic E-state index is 0.377. The van der Waals surface area contributed by atoms with E-state index in [9.17, 15) is 0 Å². The third-order valence-corrected chi connectivity index (χ3v) is 1.24. The lowest BCUT2D eigenvalue weighted by Gasteiger charge is -2.05. The summed E-state index contributed by atoms with van der Waals surface area (Å²) in [4.78, 5) is 0. The SMILES string of the molecule is C[C@@H](C#N)Oc1ccccc1. The lowest BCUT2D eigenvalue weighted by molar-refractivity contribution is 0.276. The molecule has 0 unspecified atom stereocenters. The third kappa shape index (κ3) is 2.30. The van der Waals surface area contributed by atoms with E-state index in [1.165, 1.54) is 0 Å². The minimum atomic E-state index is -0.377. The number of nitriles is 1. The first-order valence-corrected chi connectivity index (χ1v) is 3.44. The molecule has 0 aliphatic rings. The molecule has 0 aromatic heterocycles. The minimum Gasteiger partial charge on any atom is -0.476 e. The van der Waals surface area contributed by atoms with Gasteiger partial charge in [0, 0.05) is 0 Å². The molecule has 0 amide bonds. The summed E-state index contributed by atoms with van der Waals surface area (Å²) in [6, 6.07) is 11.3. The average Bonchev–Trinajstić information content (AvgIpc) is 2.06. The van der Waals surface area contributed by atoms with Crippen LogP contribution in [0, 0.1) is 11.3 Å². The summed E-state index contributed by atoms with van der Waals surface area (Å²) in [6.07, 6.45) is -0.377. The van der Waals surface area contributed by atoms with Crippen molar-refractivity contribution < 1.29 is 4.74 Å². The lowest BCUT2D eigenvalue weighted by atomic mass is 10.3. The van der Waals surface area contributed by atoms with E-state index in [4.69, 9.17) is 10.00 Å². The van der Waals surface area contributed by atoms with Crippen LogP contribution < -0.4 is 4.74 Å². The van der Waals surface area contributed by atoms with Crippen LogP contribution in [0.25, 0.3) is 0 Å². The highest BCUT2D eigenvalue weighted by molar-refractivity contribution is 5.21. The molecule has 0 N–H and O–H groups in total. The first-order chi connectivity index (χ1) is 5.33. The molecule has 0 heterocycles. The van der Waals surface area contributed by atoms with Crippen LogP contribution in [-0.2, 0) is 0 Å².